The van der Waals surface area contributed by atoms with Crippen LogP contribution in [-0.2, 0) is 20.7 Å². The standard InChI is InChI=1S/C22H16ClNO5/c23-16-9-5-10-17(24)20(16)27-18-11-4-1-6-13(18)12-19(25)28-22-15-8-3-2-7-14(15)21(26)29-22/h1-11,22H,12,24H2. The fourth-order valence-corrected chi connectivity index (χ4v) is 3.23. The smallest absolute Gasteiger partial charge is 0.342 e. The quantitative estimate of drug-likeness (QED) is 0.486. The van der Waals surface area contributed by atoms with Gasteiger partial charge in [-0.1, -0.05) is 54.1 Å². The van der Waals surface area contributed by atoms with Crippen molar-refractivity contribution in [2.75, 3.05) is 5.73 Å². The Labute approximate surface area is 171 Å². The zero-order valence-electron chi connectivity index (χ0n) is 15.1. The Morgan fingerprint density at radius 2 is 1.79 bits per heavy atom. The molecule has 4 rings (SSSR count). The number of fused-ring (bicyclic) bond motifs is 1. The molecule has 0 amide bonds. The van der Waals surface area contributed by atoms with Crippen molar-refractivity contribution in [2.24, 2.45) is 0 Å². The summed E-state index contributed by atoms with van der Waals surface area (Å²) in [5.41, 5.74) is 7.81. The van der Waals surface area contributed by atoms with Crippen LogP contribution in [0.3, 0.4) is 0 Å². The minimum atomic E-state index is -1.06. The molecule has 1 unspecified atom stereocenters. The van der Waals surface area contributed by atoms with E-state index in [2.05, 4.69) is 0 Å². The van der Waals surface area contributed by atoms with Crippen molar-refractivity contribution in [1.82, 2.24) is 0 Å². The lowest BCUT2D eigenvalue weighted by Gasteiger charge is -2.15. The van der Waals surface area contributed by atoms with Crippen LogP contribution >= 0.6 is 11.6 Å². The summed E-state index contributed by atoms with van der Waals surface area (Å²) in [7, 11) is 0. The van der Waals surface area contributed by atoms with Crippen molar-refractivity contribution in [3.05, 3.63) is 88.4 Å². The van der Waals surface area contributed by atoms with Crippen molar-refractivity contribution in [1.29, 1.82) is 0 Å². The number of rotatable bonds is 5. The molecular formula is C22H16ClNO5. The van der Waals surface area contributed by atoms with E-state index >= 15 is 0 Å². The number of anilines is 1. The normalized spacial score (nSPS) is 14.8. The second-order valence-electron chi connectivity index (χ2n) is 6.36. The van der Waals surface area contributed by atoms with Gasteiger partial charge in [0.2, 0.25) is 0 Å². The zero-order chi connectivity index (χ0) is 20.4. The molecular weight excluding hydrogens is 394 g/mol. The number of carbonyl (C=O) groups is 2. The molecule has 146 valence electrons. The maximum atomic E-state index is 12.5. The first-order valence-corrected chi connectivity index (χ1v) is 9.20. The molecule has 0 fully saturated rings. The Kier molecular flexibility index (Phi) is 5.10. The number of ether oxygens (including phenoxy) is 3. The van der Waals surface area contributed by atoms with Crippen LogP contribution in [0.25, 0.3) is 0 Å². The Morgan fingerprint density at radius 3 is 2.62 bits per heavy atom. The van der Waals surface area contributed by atoms with Gasteiger partial charge in [0.15, 0.2) is 5.75 Å². The molecule has 3 aromatic carbocycles. The summed E-state index contributed by atoms with van der Waals surface area (Å²) in [4.78, 5) is 24.4. The molecule has 3 aromatic rings. The molecule has 0 radical (unpaired) electrons. The van der Waals surface area contributed by atoms with Gasteiger partial charge in [-0.3, -0.25) is 4.79 Å². The predicted octanol–water partition coefficient (Wildman–Crippen LogP) is 4.67. The molecule has 2 N–H and O–H groups in total. The zero-order valence-corrected chi connectivity index (χ0v) is 15.9. The Morgan fingerprint density at radius 1 is 1.03 bits per heavy atom. The molecule has 0 aromatic heterocycles. The highest BCUT2D eigenvalue weighted by atomic mass is 35.5. The van der Waals surface area contributed by atoms with E-state index in [4.69, 9.17) is 31.5 Å². The van der Waals surface area contributed by atoms with Crippen LogP contribution in [0, 0.1) is 0 Å². The number of hydrogen-bond acceptors (Lipinski definition) is 6. The van der Waals surface area contributed by atoms with Crippen LogP contribution in [0.4, 0.5) is 5.69 Å². The fraction of sp³-hybridized carbons (Fsp3) is 0.0909. The second-order valence-corrected chi connectivity index (χ2v) is 6.77. The van der Waals surface area contributed by atoms with Crippen LogP contribution in [0.15, 0.2) is 66.7 Å². The fourth-order valence-electron chi connectivity index (χ4n) is 3.01. The number of cyclic esters (lactones) is 1. The summed E-state index contributed by atoms with van der Waals surface area (Å²) < 4.78 is 16.4. The van der Waals surface area contributed by atoms with E-state index in [0.717, 1.165) is 0 Å². The maximum Gasteiger partial charge on any atom is 0.342 e. The number of carbonyl (C=O) groups excluding carboxylic acids is 2. The van der Waals surface area contributed by atoms with E-state index in [0.29, 0.717) is 38.9 Å². The van der Waals surface area contributed by atoms with E-state index in [9.17, 15) is 9.59 Å². The first kappa shape index (κ1) is 18.8. The molecule has 1 heterocycles. The summed E-state index contributed by atoms with van der Waals surface area (Å²) in [5.74, 6) is -0.347. The SMILES string of the molecule is Nc1cccc(Cl)c1Oc1ccccc1CC(=O)OC1OC(=O)c2ccccc21. The van der Waals surface area contributed by atoms with Crippen molar-refractivity contribution in [2.45, 2.75) is 12.7 Å². The summed E-state index contributed by atoms with van der Waals surface area (Å²) in [6.07, 6.45) is -1.14. The number of esters is 2. The predicted molar refractivity (Wildman–Crippen MR) is 107 cm³/mol. The van der Waals surface area contributed by atoms with Gasteiger partial charge in [0, 0.05) is 11.1 Å². The van der Waals surface area contributed by atoms with Crippen LogP contribution < -0.4 is 10.5 Å². The first-order chi connectivity index (χ1) is 14.0. The summed E-state index contributed by atoms with van der Waals surface area (Å²) in [6.45, 7) is 0. The average molecular weight is 410 g/mol. The number of nitrogen functional groups attached to an aromatic ring is 1. The van der Waals surface area contributed by atoms with E-state index in [1.807, 2.05) is 0 Å². The van der Waals surface area contributed by atoms with Crippen LogP contribution in [0.1, 0.15) is 27.8 Å². The molecule has 6 nitrogen and oxygen atoms in total. The van der Waals surface area contributed by atoms with Gasteiger partial charge in [-0.2, -0.15) is 0 Å². The van der Waals surface area contributed by atoms with E-state index in [-0.39, 0.29) is 6.42 Å². The van der Waals surface area contributed by atoms with Crippen LogP contribution in [-0.4, -0.2) is 11.9 Å². The molecule has 0 aliphatic carbocycles. The summed E-state index contributed by atoms with van der Waals surface area (Å²) in [5, 5.41) is 0.358. The van der Waals surface area contributed by atoms with Gasteiger partial charge in [-0.25, -0.2) is 4.79 Å². The Balaban J connectivity index is 1.51. The number of para-hydroxylation sites is 2. The molecule has 0 bridgehead atoms. The van der Waals surface area contributed by atoms with Gasteiger partial charge in [0.25, 0.3) is 6.29 Å². The summed E-state index contributed by atoms with van der Waals surface area (Å²) >= 11 is 6.17. The van der Waals surface area contributed by atoms with Gasteiger partial charge in [-0.15, -0.1) is 0 Å². The highest BCUT2D eigenvalue weighted by Crippen LogP contribution is 2.36. The molecule has 1 aliphatic heterocycles. The lowest BCUT2D eigenvalue weighted by molar-refractivity contribution is -0.166. The maximum absolute atomic E-state index is 12.5. The lowest BCUT2D eigenvalue weighted by atomic mass is 10.1. The van der Waals surface area contributed by atoms with E-state index in [1.54, 1.807) is 66.7 Å². The first-order valence-electron chi connectivity index (χ1n) is 8.82. The molecule has 0 spiro atoms. The third-order valence-corrected chi connectivity index (χ3v) is 4.70. The lowest BCUT2D eigenvalue weighted by Crippen LogP contribution is -2.14. The van der Waals surface area contributed by atoms with Crippen molar-refractivity contribution >= 4 is 29.2 Å². The molecule has 7 heteroatoms. The van der Waals surface area contributed by atoms with Gasteiger partial charge >= 0.3 is 11.9 Å². The van der Waals surface area contributed by atoms with Gasteiger partial charge < -0.3 is 19.9 Å². The van der Waals surface area contributed by atoms with Crippen molar-refractivity contribution in [3.8, 4) is 11.5 Å². The highest BCUT2D eigenvalue weighted by Gasteiger charge is 2.33. The van der Waals surface area contributed by atoms with Crippen LogP contribution in [0.5, 0.6) is 11.5 Å². The highest BCUT2D eigenvalue weighted by molar-refractivity contribution is 6.32. The molecule has 1 aliphatic rings. The van der Waals surface area contributed by atoms with Gasteiger partial charge in [-0.05, 0) is 24.3 Å². The van der Waals surface area contributed by atoms with Gasteiger partial charge in [0.05, 0.1) is 22.7 Å². The van der Waals surface area contributed by atoms with E-state index in [1.165, 1.54) is 0 Å². The molecule has 1 atom stereocenters. The van der Waals surface area contributed by atoms with Crippen LogP contribution in [0.2, 0.25) is 5.02 Å². The topological polar surface area (TPSA) is 87.8 Å². The second kappa shape index (κ2) is 7.85. The number of halogens is 1. The van der Waals surface area contributed by atoms with Crippen molar-refractivity contribution in [3.63, 3.8) is 0 Å². The molecule has 29 heavy (non-hydrogen) atoms. The van der Waals surface area contributed by atoms with E-state index < -0.39 is 18.2 Å². The third kappa shape index (κ3) is 3.88. The Bertz CT molecular complexity index is 1080. The number of nitrogens with two attached hydrogens (primary N) is 1. The average Bonchev–Trinajstić information content (AvgIpc) is 3.02. The largest absolute Gasteiger partial charge is 0.453 e. The minimum Gasteiger partial charge on any atom is -0.453 e. The monoisotopic (exact) mass is 409 g/mol. The summed E-state index contributed by atoms with van der Waals surface area (Å²) in [6, 6.07) is 18.8. The molecule has 0 saturated carbocycles. The van der Waals surface area contributed by atoms with Crippen molar-refractivity contribution < 1.29 is 23.8 Å². The number of benzene rings is 3. The van der Waals surface area contributed by atoms with Gasteiger partial charge in [0.1, 0.15) is 5.75 Å². The molecule has 0 saturated heterocycles. The minimum absolute atomic E-state index is 0.0866. The number of hydrogen-bond donors (Lipinski definition) is 1. The third-order valence-electron chi connectivity index (χ3n) is 4.40. The Hall–Kier alpha value is -3.51.